The van der Waals surface area contributed by atoms with Gasteiger partial charge in [-0.05, 0) is 19.1 Å². The van der Waals surface area contributed by atoms with Crippen LogP contribution in [0.1, 0.15) is 13.3 Å². The lowest BCUT2D eigenvalue weighted by Crippen LogP contribution is -2.22. The molecule has 0 heterocycles. The monoisotopic (exact) mass is 242 g/mol. The molecule has 1 unspecified atom stereocenters. The van der Waals surface area contributed by atoms with Crippen molar-refractivity contribution in [1.82, 2.24) is 0 Å². The first kappa shape index (κ1) is 12.7. The largest absolute Gasteiger partial charge is 0.469 e. The van der Waals surface area contributed by atoms with E-state index in [1.54, 1.807) is 18.2 Å². The molecule has 0 bridgehead atoms. The zero-order valence-electron chi connectivity index (χ0n) is 9.21. The van der Waals surface area contributed by atoms with E-state index in [1.165, 1.54) is 26.2 Å². The molecule has 0 aliphatic heterocycles. The zero-order valence-corrected chi connectivity index (χ0v) is 10.0. The molecule has 0 fully saturated rings. The summed E-state index contributed by atoms with van der Waals surface area (Å²) in [7, 11) is -2.20. The van der Waals surface area contributed by atoms with Gasteiger partial charge in [0.25, 0.3) is 0 Å². The third-order valence-corrected chi connectivity index (χ3v) is 4.44. The minimum Gasteiger partial charge on any atom is -0.469 e. The standard InChI is InChI=1S/C11H14O4S/c1-9(8-11(12)15-2)16(13,14)10-6-4-3-5-7-10/h3-7,9H,8H2,1-2H3. The van der Waals surface area contributed by atoms with E-state index in [9.17, 15) is 13.2 Å². The Labute approximate surface area is 95.2 Å². The summed E-state index contributed by atoms with van der Waals surface area (Å²) in [5, 5.41) is -0.776. The summed E-state index contributed by atoms with van der Waals surface area (Å²) >= 11 is 0. The van der Waals surface area contributed by atoms with Crippen LogP contribution in [0.15, 0.2) is 35.2 Å². The summed E-state index contributed by atoms with van der Waals surface area (Å²) in [4.78, 5) is 11.2. The fourth-order valence-corrected chi connectivity index (χ4v) is 2.63. The lowest BCUT2D eigenvalue weighted by molar-refractivity contribution is -0.140. The highest BCUT2D eigenvalue weighted by Crippen LogP contribution is 2.17. The average Bonchev–Trinajstić information content (AvgIpc) is 2.29. The Morgan fingerprint density at radius 3 is 2.38 bits per heavy atom. The Bertz CT molecular complexity index is 450. The molecule has 0 saturated carbocycles. The molecule has 0 spiro atoms. The van der Waals surface area contributed by atoms with E-state index in [4.69, 9.17) is 0 Å². The SMILES string of the molecule is COC(=O)CC(C)S(=O)(=O)c1ccccc1. The van der Waals surface area contributed by atoms with E-state index in [2.05, 4.69) is 4.74 Å². The molecule has 16 heavy (non-hydrogen) atoms. The Hall–Kier alpha value is -1.36. The molecule has 1 aromatic carbocycles. The van der Waals surface area contributed by atoms with Crippen LogP contribution in [0, 0.1) is 0 Å². The number of hydrogen-bond donors (Lipinski definition) is 0. The van der Waals surface area contributed by atoms with Crippen molar-refractivity contribution in [3.63, 3.8) is 0 Å². The molecule has 1 aromatic rings. The first-order chi connectivity index (χ1) is 7.48. The van der Waals surface area contributed by atoms with Crippen molar-refractivity contribution in [3.8, 4) is 0 Å². The van der Waals surface area contributed by atoms with Gasteiger partial charge in [0.2, 0.25) is 0 Å². The van der Waals surface area contributed by atoms with Gasteiger partial charge in [0.1, 0.15) is 0 Å². The lowest BCUT2D eigenvalue weighted by Gasteiger charge is -2.11. The smallest absolute Gasteiger partial charge is 0.306 e. The summed E-state index contributed by atoms with van der Waals surface area (Å²) in [6, 6.07) is 8.08. The van der Waals surface area contributed by atoms with Crippen molar-refractivity contribution >= 4 is 15.8 Å². The van der Waals surface area contributed by atoms with Crippen LogP contribution in [0.4, 0.5) is 0 Å². The number of carbonyl (C=O) groups excluding carboxylic acids is 1. The molecular formula is C11H14O4S. The number of esters is 1. The van der Waals surface area contributed by atoms with Gasteiger partial charge in [-0.2, -0.15) is 0 Å². The van der Waals surface area contributed by atoms with Gasteiger partial charge in [-0.1, -0.05) is 18.2 Å². The van der Waals surface area contributed by atoms with Crippen molar-refractivity contribution in [1.29, 1.82) is 0 Å². The second kappa shape index (κ2) is 5.12. The zero-order chi connectivity index (χ0) is 12.2. The van der Waals surface area contributed by atoms with E-state index in [1.807, 2.05) is 0 Å². The fourth-order valence-electron chi connectivity index (χ4n) is 1.27. The molecule has 0 N–H and O–H groups in total. The maximum atomic E-state index is 12.0. The molecule has 0 amide bonds. The first-order valence-corrected chi connectivity index (χ1v) is 6.39. The summed E-state index contributed by atoms with van der Waals surface area (Å²) in [6.07, 6.45) is -0.131. The van der Waals surface area contributed by atoms with Crippen LogP contribution in [0.2, 0.25) is 0 Å². The summed E-state index contributed by atoms with van der Waals surface area (Å²) in [5.41, 5.74) is 0. The van der Waals surface area contributed by atoms with Crippen molar-refractivity contribution < 1.29 is 17.9 Å². The number of benzene rings is 1. The summed E-state index contributed by atoms with van der Waals surface area (Å²) < 4.78 is 28.4. The number of sulfone groups is 1. The Balaban J connectivity index is 2.91. The van der Waals surface area contributed by atoms with E-state index >= 15 is 0 Å². The number of carbonyl (C=O) groups is 1. The molecule has 0 radical (unpaired) electrons. The van der Waals surface area contributed by atoms with Crippen LogP contribution in [-0.2, 0) is 19.4 Å². The lowest BCUT2D eigenvalue weighted by atomic mass is 10.3. The number of rotatable bonds is 4. The second-order valence-corrected chi connectivity index (χ2v) is 5.82. The predicted octanol–water partition coefficient (Wildman–Crippen LogP) is 1.41. The predicted molar refractivity (Wildman–Crippen MR) is 59.7 cm³/mol. The van der Waals surface area contributed by atoms with Gasteiger partial charge < -0.3 is 4.74 Å². The van der Waals surface area contributed by atoms with E-state index < -0.39 is 21.1 Å². The van der Waals surface area contributed by atoms with Crippen molar-refractivity contribution in [2.75, 3.05) is 7.11 Å². The minimum atomic E-state index is -3.44. The highest BCUT2D eigenvalue weighted by Gasteiger charge is 2.25. The van der Waals surface area contributed by atoms with E-state index in [-0.39, 0.29) is 11.3 Å². The van der Waals surface area contributed by atoms with Crippen molar-refractivity contribution in [3.05, 3.63) is 30.3 Å². The molecule has 0 saturated heterocycles. The maximum absolute atomic E-state index is 12.0. The van der Waals surface area contributed by atoms with Gasteiger partial charge >= 0.3 is 5.97 Å². The van der Waals surface area contributed by atoms with Crippen LogP contribution in [-0.4, -0.2) is 26.7 Å². The third kappa shape index (κ3) is 2.82. The molecule has 5 heteroatoms. The highest BCUT2D eigenvalue weighted by atomic mass is 32.2. The van der Waals surface area contributed by atoms with Crippen LogP contribution >= 0.6 is 0 Å². The number of hydrogen-bond acceptors (Lipinski definition) is 4. The summed E-state index contributed by atoms with van der Waals surface area (Å²) in [5.74, 6) is -0.521. The Morgan fingerprint density at radius 2 is 1.88 bits per heavy atom. The first-order valence-electron chi connectivity index (χ1n) is 4.84. The molecule has 1 rings (SSSR count). The van der Waals surface area contributed by atoms with Gasteiger partial charge in [-0.25, -0.2) is 8.42 Å². The molecule has 88 valence electrons. The second-order valence-electron chi connectivity index (χ2n) is 3.45. The molecule has 1 atom stereocenters. The van der Waals surface area contributed by atoms with Crippen molar-refractivity contribution in [2.24, 2.45) is 0 Å². The normalized spacial score (nSPS) is 13.1. The fraction of sp³-hybridized carbons (Fsp3) is 0.364. The number of ether oxygens (including phenoxy) is 1. The molecule has 0 aliphatic carbocycles. The van der Waals surface area contributed by atoms with Gasteiger partial charge in [0, 0.05) is 0 Å². The molecular weight excluding hydrogens is 228 g/mol. The molecule has 4 nitrogen and oxygen atoms in total. The molecule has 0 aliphatic rings. The van der Waals surface area contributed by atoms with Crippen LogP contribution in [0.5, 0.6) is 0 Å². The Kier molecular flexibility index (Phi) is 4.06. The van der Waals surface area contributed by atoms with Crippen LogP contribution in [0.3, 0.4) is 0 Å². The van der Waals surface area contributed by atoms with Gasteiger partial charge in [-0.15, -0.1) is 0 Å². The molecule has 0 aromatic heterocycles. The van der Waals surface area contributed by atoms with Crippen LogP contribution < -0.4 is 0 Å². The van der Waals surface area contributed by atoms with E-state index in [0.29, 0.717) is 0 Å². The highest BCUT2D eigenvalue weighted by molar-refractivity contribution is 7.92. The van der Waals surface area contributed by atoms with E-state index in [0.717, 1.165) is 0 Å². The topological polar surface area (TPSA) is 60.4 Å². The van der Waals surface area contributed by atoms with Gasteiger partial charge in [0.05, 0.1) is 23.7 Å². The van der Waals surface area contributed by atoms with Crippen LogP contribution in [0.25, 0.3) is 0 Å². The van der Waals surface area contributed by atoms with Gasteiger partial charge in [0.15, 0.2) is 9.84 Å². The Morgan fingerprint density at radius 1 is 1.31 bits per heavy atom. The number of methoxy groups -OCH3 is 1. The van der Waals surface area contributed by atoms with Gasteiger partial charge in [-0.3, -0.25) is 4.79 Å². The van der Waals surface area contributed by atoms with Crippen molar-refractivity contribution in [2.45, 2.75) is 23.5 Å². The quantitative estimate of drug-likeness (QED) is 0.749. The minimum absolute atomic E-state index is 0.131. The average molecular weight is 242 g/mol. The summed E-state index contributed by atoms with van der Waals surface area (Å²) in [6.45, 7) is 1.50. The maximum Gasteiger partial charge on any atom is 0.306 e. The third-order valence-electron chi connectivity index (χ3n) is 2.28.